The van der Waals surface area contributed by atoms with Crippen molar-refractivity contribution in [3.05, 3.63) is 84.3 Å². The second-order valence-electron chi connectivity index (χ2n) is 7.12. The van der Waals surface area contributed by atoms with Crippen molar-refractivity contribution in [2.75, 3.05) is 6.54 Å². The minimum Gasteiger partial charge on any atom is -0.354 e. The Balaban J connectivity index is 1.52. The first-order valence-electron chi connectivity index (χ1n) is 9.82. The predicted molar refractivity (Wildman–Crippen MR) is 113 cm³/mol. The van der Waals surface area contributed by atoms with E-state index in [2.05, 4.69) is 15.4 Å². The summed E-state index contributed by atoms with van der Waals surface area (Å²) < 4.78 is 30.7. The van der Waals surface area contributed by atoms with Crippen molar-refractivity contribution in [2.45, 2.75) is 13.0 Å². The lowest BCUT2D eigenvalue weighted by molar-refractivity contribution is -0.120. The highest BCUT2D eigenvalue weighted by atomic mass is 19.1. The van der Waals surface area contributed by atoms with Gasteiger partial charge in [0.1, 0.15) is 17.3 Å². The Morgan fingerprint density at radius 2 is 1.87 bits per heavy atom. The van der Waals surface area contributed by atoms with Gasteiger partial charge in [-0.3, -0.25) is 9.48 Å². The zero-order valence-corrected chi connectivity index (χ0v) is 16.9. The topological polar surface area (TPSA) is 64.7 Å². The van der Waals surface area contributed by atoms with Crippen LogP contribution in [0.15, 0.2) is 67.1 Å². The molecular formula is C23H21F2N5O. The molecule has 0 unspecified atom stereocenters. The maximum Gasteiger partial charge on any atom is 0.224 e. The van der Waals surface area contributed by atoms with Crippen LogP contribution in [0.25, 0.3) is 22.6 Å². The largest absolute Gasteiger partial charge is 0.354 e. The minimum absolute atomic E-state index is 0.0289. The molecule has 2 heterocycles. The number of hydrogen-bond donors (Lipinski definition) is 1. The molecule has 2 aromatic carbocycles. The number of carbonyl (C=O) groups is 1. The normalized spacial score (nSPS) is 10.9. The second kappa shape index (κ2) is 8.91. The quantitative estimate of drug-likeness (QED) is 0.496. The summed E-state index contributed by atoms with van der Waals surface area (Å²) in [5.41, 5.74) is 2.75. The van der Waals surface area contributed by atoms with Crippen LogP contribution in [0.2, 0.25) is 0 Å². The first kappa shape index (κ1) is 20.5. The van der Waals surface area contributed by atoms with E-state index in [0.29, 0.717) is 24.5 Å². The van der Waals surface area contributed by atoms with E-state index in [1.54, 1.807) is 47.4 Å². The minimum atomic E-state index is -0.397. The van der Waals surface area contributed by atoms with Crippen LogP contribution in [0.4, 0.5) is 8.78 Å². The lowest BCUT2D eigenvalue weighted by Crippen LogP contribution is -2.29. The van der Waals surface area contributed by atoms with Gasteiger partial charge in [0.15, 0.2) is 5.82 Å². The van der Waals surface area contributed by atoms with Gasteiger partial charge in [-0.25, -0.2) is 13.8 Å². The molecule has 4 rings (SSSR count). The lowest BCUT2D eigenvalue weighted by atomic mass is 10.1. The van der Waals surface area contributed by atoms with Gasteiger partial charge in [0.25, 0.3) is 0 Å². The van der Waals surface area contributed by atoms with E-state index < -0.39 is 5.82 Å². The van der Waals surface area contributed by atoms with Crippen molar-refractivity contribution < 1.29 is 13.6 Å². The summed E-state index contributed by atoms with van der Waals surface area (Å²) in [6.07, 6.45) is 5.20. The molecule has 0 spiro atoms. The number of amides is 1. The highest BCUT2D eigenvalue weighted by Gasteiger charge is 2.18. The molecule has 1 N–H and O–H groups in total. The molecule has 0 saturated carbocycles. The van der Waals surface area contributed by atoms with Gasteiger partial charge in [-0.05, 0) is 29.3 Å². The van der Waals surface area contributed by atoms with E-state index >= 15 is 0 Å². The van der Waals surface area contributed by atoms with Crippen LogP contribution in [0.5, 0.6) is 0 Å². The second-order valence-corrected chi connectivity index (χ2v) is 7.12. The van der Waals surface area contributed by atoms with Crippen LogP contribution < -0.4 is 5.32 Å². The summed E-state index contributed by atoms with van der Waals surface area (Å²) in [5, 5.41) is 7.27. The van der Waals surface area contributed by atoms with Crippen LogP contribution in [-0.2, 0) is 24.8 Å². The molecule has 2 aromatic heterocycles. The molecule has 0 atom stereocenters. The van der Waals surface area contributed by atoms with Gasteiger partial charge in [-0.1, -0.05) is 30.3 Å². The number of carbonyl (C=O) groups excluding carboxylic acids is 1. The van der Waals surface area contributed by atoms with Gasteiger partial charge in [0.2, 0.25) is 5.91 Å². The molecule has 0 aliphatic rings. The van der Waals surface area contributed by atoms with E-state index in [0.717, 1.165) is 16.8 Å². The summed E-state index contributed by atoms with van der Waals surface area (Å²) >= 11 is 0. The zero-order chi connectivity index (χ0) is 21.8. The molecule has 8 heteroatoms. The molecule has 158 valence electrons. The zero-order valence-electron chi connectivity index (χ0n) is 16.9. The van der Waals surface area contributed by atoms with Crippen molar-refractivity contribution in [1.29, 1.82) is 0 Å². The summed E-state index contributed by atoms with van der Waals surface area (Å²) in [7, 11) is 1.88. The van der Waals surface area contributed by atoms with Crippen molar-refractivity contribution in [3.8, 4) is 22.6 Å². The fraction of sp³-hybridized carbons (Fsp3) is 0.174. The number of rotatable bonds is 7. The average molecular weight is 421 g/mol. The number of aryl methyl sites for hydroxylation is 1. The SMILES string of the molecule is Cn1ccnc1-c1c(-c2ccc(F)cc2)cnn1CCNC(=O)Cc1ccccc1F. The van der Waals surface area contributed by atoms with Gasteiger partial charge in [-0.15, -0.1) is 0 Å². The van der Waals surface area contributed by atoms with Crippen LogP contribution in [-0.4, -0.2) is 31.8 Å². The maximum absolute atomic E-state index is 13.7. The highest BCUT2D eigenvalue weighted by molar-refractivity contribution is 5.79. The van der Waals surface area contributed by atoms with Crippen LogP contribution in [0, 0.1) is 11.6 Å². The molecular weight excluding hydrogens is 400 g/mol. The Hall–Kier alpha value is -3.81. The molecule has 1 amide bonds. The number of hydrogen-bond acceptors (Lipinski definition) is 3. The molecule has 0 fully saturated rings. The summed E-state index contributed by atoms with van der Waals surface area (Å²) in [6.45, 7) is 0.710. The molecule has 0 aliphatic heterocycles. The van der Waals surface area contributed by atoms with Gasteiger partial charge < -0.3 is 9.88 Å². The maximum atomic E-state index is 13.7. The fourth-order valence-electron chi connectivity index (χ4n) is 3.40. The van der Waals surface area contributed by atoms with Gasteiger partial charge in [0.05, 0.1) is 19.2 Å². The average Bonchev–Trinajstić information content (AvgIpc) is 3.36. The first-order chi connectivity index (χ1) is 15.0. The lowest BCUT2D eigenvalue weighted by Gasteiger charge is -2.11. The van der Waals surface area contributed by atoms with Crippen LogP contribution in [0.3, 0.4) is 0 Å². The number of benzene rings is 2. The Morgan fingerprint density at radius 1 is 1.10 bits per heavy atom. The highest BCUT2D eigenvalue weighted by Crippen LogP contribution is 2.31. The molecule has 0 aliphatic carbocycles. The Kier molecular flexibility index (Phi) is 5.88. The number of imidazole rings is 1. The number of nitrogens with one attached hydrogen (secondary N) is 1. The van der Waals surface area contributed by atoms with Crippen molar-refractivity contribution >= 4 is 5.91 Å². The molecule has 0 radical (unpaired) electrons. The van der Waals surface area contributed by atoms with Crippen molar-refractivity contribution in [1.82, 2.24) is 24.6 Å². The molecule has 0 bridgehead atoms. The third-order valence-corrected chi connectivity index (χ3v) is 4.98. The standard InChI is InChI=1S/C23H21F2N5O/c1-29-12-10-27-23(29)22-19(16-6-8-18(24)9-7-16)15-28-30(22)13-11-26-21(31)14-17-4-2-3-5-20(17)25/h2-10,12,15H,11,13-14H2,1H3,(H,26,31). The molecule has 0 saturated heterocycles. The number of halogens is 2. The van der Waals surface area contributed by atoms with E-state index in [4.69, 9.17) is 0 Å². The molecule has 4 aromatic rings. The third-order valence-electron chi connectivity index (χ3n) is 4.98. The van der Waals surface area contributed by atoms with Crippen molar-refractivity contribution in [2.24, 2.45) is 7.05 Å². The predicted octanol–water partition coefficient (Wildman–Crippen LogP) is 3.59. The molecule has 31 heavy (non-hydrogen) atoms. The van der Waals surface area contributed by atoms with E-state index in [1.165, 1.54) is 18.2 Å². The van der Waals surface area contributed by atoms with E-state index in [-0.39, 0.29) is 18.1 Å². The smallest absolute Gasteiger partial charge is 0.224 e. The summed E-state index contributed by atoms with van der Waals surface area (Å²) in [6, 6.07) is 12.4. The Labute approximate surface area is 178 Å². The van der Waals surface area contributed by atoms with Gasteiger partial charge in [-0.2, -0.15) is 5.10 Å². The Bertz CT molecular complexity index is 1200. The van der Waals surface area contributed by atoms with Gasteiger partial charge in [0, 0.05) is 31.5 Å². The summed E-state index contributed by atoms with van der Waals surface area (Å²) in [5.74, 6) is -0.276. The summed E-state index contributed by atoms with van der Waals surface area (Å²) in [4.78, 5) is 16.7. The fourth-order valence-corrected chi connectivity index (χ4v) is 3.40. The Morgan fingerprint density at radius 3 is 2.58 bits per heavy atom. The molecule has 6 nitrogen and oxygen atoms in total. The van der Waals surface area contributed by atoms with E-state index in [9.17, 15) is 13.6 Å². The van der Waals surface area contributed by atoms with Crippen LogP contribution in [0.1, 0.15) is 5.56 Å². The monoisotopic (exact) mass is 421 g/mol. The van der Waals surface area contributed by atoms with Crippen molar-refractivity contribution in [3.63, 3.8) is 0 Å². The van der Waals surface area contributed by atoms with Gasteiger partial charge >= 0.3 is 0 Å². The first-order valence-corrected chi connectivity index (χ1v) is 9.82. The van der Waals surface area contributed by atoms with E-state index in [1.807, 2.05) is 17.8 Å². The number of aromatic nitrogens is 4. The van der Waals surface area contributed by atoms with Crippen LogP contribution >= 0.6 is 0 Å². The third kappa shape index (κ3) is 4.53. The number of nitrogens with zero attached hydrogens (tertiary/aromatic N) is 4.